The van der Waals surface area contributed by atoms with E-state index in [-0.39, 0.29) is 0 Å². The van der Waals surface area contributed by atoms with Gasteiger partial charge in [-0.2, -0.15) is 0 Å². The van der Waals surface area contributed by atoms with Crippen molar-refractivity contribution in [3.8, 4) is 0 Å². The van der Waals surface area contributed by atoms with E-state index in [1.165, 1.54) is 38.8 Å². The number of hydrogen-bond donors (Lipinski definition) is 1. The van der Waals surface area contributed by atoms with Crippen LogP contribution in [-0.2, 0) is 0 Å². The van der Waals surface area contributed by atoms with Crippen molar-refractivity contribution in [2.24, 2.45) is 5.92 Å². The molecule has 1 fully saturated rings. The molecule has 1 saturated heterocycles. The highest BCUT2D eigenvalue weighted by atomic mass is 15.1. The van der Waals surface area contributed by atoms with Crippen LogP contribution in [0, 0.1) is 5.92 Å². The Morgan fingerprint density at radius 1 is 1.43 bits per heavy atom. The molecular formula is C12H24N2. The summed E-state index contributed by atoms with van der Waals surface area (Å²) in [6.45, 7) is 3.68. The Balaban J connectivity index is 2.07. The van der Waals surface area contributed by atoms with E-state index in [0.717, 1.165) is 12.5 Å². The Morgan fingerprint density at radius 3 is 3.00 bits per heavy atom. The van der Waals surface area contributed by atoms with E-state index < -0.39 is 0 Å². The molecule has 2 nitrogen and oxygen atoms in total. The Bertz CT molecular complexity index is 166. The van der Waals surface area contributed by atoms with Crippen LogP contribution in [0.3, 0.4) is 0 Å². The summed E-state index contributed by atoms with van der Waals surface area (Å²) in [7, 11) is 4.24. The fraction of sp³-hybridized carbons (Fsp3) is 0.833. The summed E-state index contributed by atoms with van der Waals surface area (Å²) in [6.07, 6.45) is 9.91. The van der Waals surface area contributed by atoms with Gasteiger partial charge in [-0.15, -0.1) is 0 Å². The maximum absolute atomic E-state index is 3.15. The van der Waals surface area contributed by atoms with Gasteiger partial charge in [-0.05, 0) is 58.8 Å². The molecule has 0 aromatic carbocycles. The van der Waals surface area contributed by atoms with Gasteiger partial charge in [0.2, 0.25) is 0 Å². The van der Waals surface area contributed by atoms with Gasteiger partial charge in [0.15, 0.2) is 0 Å². The molecule has 1 atom stereocenters. The highest BCUT2D eigenvalue weighted by Gasteiger charge is 2.15. The van der Waals surface area contributed by atoms with Crippen molar-refractivity contribution in [2.45, 2.75) is 25.7 Å². The number of nitrogens with zero attached hydrogens (tertiary/aromatic N) is 1. The molecule has 14 heavy (non-hydrogen) atoms. The molecular weight excluding hydrogens is 172 g/mol. The van der Waals surface area contributed by atoms with Gasteiger partial charge in [0, 0.05) is 6.54 Å². The lowest BCUT2D eigenvalue weighted by Crippen LogP contribution is -2.31. The van der Waals surface area contributed by atoms with E-state index in [2.05, 4.69) is 29.4 Å². The molecule has 1 aliphatic rings. The second kappa shape index (κ2) is 7.02. The Labute approximate surface area is 88.4 Å². The molecule has 0 bridgehead atoms. The van der Waals surface area contributed by atoms with Crippen molar-refractivity contribution in [2.75, 3.05) is 33.7 Å². The minimum absolute atomic E-state index is 0.902. The zero-order valence-electron chi connectivity index (χ0n) is 9.63. The standard InChI is InChI=1S/C12H24N2/c1-13-9-5-3-4-7-12-8-6-10-14(2)11-12/h3-4,12-13H,5-11H2,1-2H3/b4-3-. The summed E-state index contributed by atoms with van der Waals surface area (Å²) in [6, 6.07) is 0. The predicted octanol–water partition coefficient (Wildman–Crippen LogP) is 1.88. The fourth-order valence-electron chi connectivity index (χ4n) is 2.10. The summed E-state index contributed by atoms with van der Waals surface area (Å²) in [5, 5.41) is 3.15. The molecule has 1 heterocycles. The Hall–Kier alpha value is -0.340. The third-order valence-corrected chi connectivity index (χ3v) is 2.92. The molecule has 1 aliphatic heterocycles. The lowest BCUT2D eigenvalue weighted by Gasteiger charge is -2.28. The second-order valence-electron chi connectivity index (χ2n) is 4.37. The Kier molecular flexibility index (Phi) is 5.88. The predicted molar refractivity (Wildman–Crippen MR) is 62.5 cm³/mol. The monoisotopic (exact) mass is 196 g/mol. The number of nitrogens with one attached hydrogen (secondary N) is 1. The van der Waals surface area contributed by atoms with Gasteiger partial charge in [-0.1, -0.05) is 12.2 Å². The van der Waals surface area contributed by atoms with Crippen molar-refractivity contribution < 1.29 is 0 Å². The maximum atomic E-state index is 3.15. The largest absolute Gasteiger partial charge is 0.319 e. The average molecular weight is 196 g/mol. The van der Waals surface area contributed by atoms with Gasteiger partial charge in [0.25, 0.3) is 0 Å². The third kappa shape index (κ3) is 4.77. The van der Waals surface area contributed by atoms with Crippen molar-refractivity contribution in [1.29, 1.82) is 0 Å². The zero-order valence-corrected chi connectivity index (χ0v) is 9.63. The van der Waals surface area contributed by atoms with Crippen LogP contribution >= 0.6 is 0 Å². The molecule has 1 N–H and O–H groups in total. The molecule has 1 unspecified atom stereocenters. The zero-order chi connectivity index (χ0) is 10.2. The van der Waals surface area contributed by atoms with E-state index in [9.17, 15) is 0 Å². The summed E-state index contributed by atoms with van der Waals surface area (Å²) in [5.74, 6) is 0.902. The molecule has 0 amide bonds. The smallest absolute Gasteiger partial charge is 0.000958 e. The highest BCUT2D eigenvalue weighted by Crippen LogP contribution is 2.18. The van der Waals surface area contributed by atoms with Crippen LogP contribution in [0.4, 0.5) is 0 Å². The van der Waals surface area contributed by atoms with Gasteiger partial charge >= 0.3 is 0 Å². The van der Waals surface area contributed by atoms with Crippen LogP contribution in [0.5, 0.6) is 0 Å². The topological polar surface area (TPSA) is 15.3 Å². The first-order valence-corrected chi connectivity index (χ1v) is 5.81. The number of hydrogen-bond acceptors (Lipinski definition) is 2. The molecule has 0 aromatic rings. The number of likely N-dealkylation sites (tertiary alicyclic amines) is 1. The van der Waals surface area contributed by atoms with Gasteiger partial charge in [0.05, 0.1) is 0 Å². The lowest BCUT2D eigenvalue weighted by molar-refractivity contribution is 0.211. The summed E-state index contributed by atoms with van der Waals surface area (Å²) >= 11 is 0. The minimum Gasteiger partial charge on any atom is -0.319 e. The SMILES string of the molecule is CNCC/C=C\CC1CCCN(C)C1. The summed E-state index contributed by atoms with van der Waals surface area (Å²) in [5.41, 5.74) is 0. The maximum Gasteiger partial charge on any atom is 0.000958 e. The number of allylic oxidation sites excluding steroid dienone is 1. The van der Waals surface area contributed by atoms with Crippen molar-refractivity contribution in [3.05, 3.63) is 12.2 Å². The van der Waals surface area contributed by atoms with Crippen LogP contribution in [0.25, 0.3) is 0 Å². The first kappa shape index (κ1) is 11.7. The van der Waals surface area contributed by atoms with E-state index in [1.807, 2.05) is 7.05 Å². The second-order valence-corrected chi connectivity index (χ2v) is 4.37. The van der Waals surface area contributed by atoms with Crippen LogP contribution in [0.15, 0.2) is 12.2 Å². The van der Waals surface area contributed by atoms with Crippen LogP contribution in [0.2, 0.25) is 0 Å². The van der Waals surface area contributed by atoms with E-state index in [0.29, 0.717) is 0 Å². The van der Waals surface area contributed by atoms with Crippen molar-refractivity contribution in [3.63, 3.8) is 0 Å². The van der Waals surface area contributed by atoms with Gasteiger partial charge in [-0.3, -0.25) is 0 Å². The number of piperidine rings is 1. The molecule has 0 aromatic heterocycles. The lowest BCUT2D eigenvalue weighted by atomic mass is 9.95. The van der Waals surface area contributed by atoms with Crippen LogP contribution < -0.4 is 5.32 Å². The minimum atomic E-state index is 0.902. The third-order valence-electron chi connectivity index (χ3n) is 2.92. The van der Waals surface area contributed by atoms with E-state index >= 15 is 0 Å². The first-order valence-electron chi connectivity index (χ1n) is 5.81. The van der Waals surface area contributed by atoms with Crippen molar-refractivity contribution in [1.82, 2.24) is 10.2 Å². The van der Waals surface area contributed by atoms with Gasteiger partial charge in [0.1, 0.15) is 0 Å². The average Bonchev–Trinajstić information content (AvgIpc) is 2.18. The molecule has 0 spiro atoms. The van der Waals surface area contributed by atoms with Gasteiger partial charge in [-0.25, -0.2) is 0 Å². The van der Waals surface area contributed by atoms with Gasteiger partial charge < -0.3 is 10.2 Å². The van der Waals surface area contributed by atoms with Crippen molar-refractivity contribution >= 4 is 0 Å². The summed E-state index contributed by atoms with van der Waals surface area (Å²) in [4.78, 5) is 2.45. The molecule has 2 heteroatoms. The normalized spacial score (nSPS) is 24.6. The Morgan fingerprint density at radius 2 is 2.29 bits per heavy atom. The highest BCUT2D eigenvalue weighted by molar-refractivity contribution is 4.86. The molecule has 82 valence electrons. The van der Waals surface area contributed by atoms with E-state index in [4.69, 9.17) is 0 Å². The number of rotatable bonds is 5. The molecule has 1 rings (SSSR count). The summed E-state index contributed by atoms with van der Waals surface area (Å²) < 4.78 is 0. The molecule has 0 aliphatic carbocycles. The molecule has 0 saturated carbocycles. The van der Waals surface area contributed by atoms with Crippen LogP contribution in [0.1, 0.15) is 25.7 Å². The quantitative estimate of drug-likeness (QED) is 0.533. The molecule has 0 radical (unpaired) electrons. The van der Waals surface area contributed by atoms with E-state index in [1.54, 1.807) is 0 Å². The van der Waals surface area contributed by atoms with Crippen LogP contribution in [-0.4, -0.2) is 38.6 Å². The first-order chi connectivity index (χ1) is 6.83. The fourth-order valence-corrected chi connectivity index (χ4v) is 2.10.